The lowest BCUT2D eigenvalue weighted by molar-refractivity contribution is 0.695. The topological polar surface area (TPSA) is 77.2 Å². The molecule has 0 saturated heterocycles. The van der Waals surface area contributed by atoms with Gasteiger partial charge in [0.25, 0.3) is 0 Å². The number of rotatable bonds is 4. The summed E-state index contributed by atoms with van der Waals surface area (Å²) in [6.45, 7) is 6.39. The van der Waals surface area contributed by atoms with Crippen LogP contribution in [-0.2, 0) is 13.6 Å². The number of aryl methyl sites for hydroxylation is 2. The first-order valence-corrected chi connectivity index (χ1v) is 7.66. The zero-order chi connectivity index (χ0) is 16.7. The van der Waals surface area contributed by atoms with Gasteiger partial charge < -0.3 is 4.98 Å². The molecule has 7 nitrogen and oxygen atoms in total. The van der Waals surface area contributed by atoms with Crippen molar-refractivity contribution in [1.82, 2.24) is 34.5 Å². The normalized spacial score (nSPS) is 11.2. The standard InChI is InChI=1S/C17H17N7/c1-4-8-24-10-13(11(2)21-24)16-19-15-14(12-6-5-7-18-9-12)22-23(3)17(15)20-16/h4-7,9-10H,1,8H2,2-3H3,(H,19,20). The van der Waals surface area contributed by atoms with Gasteiger partial charge in [0.05, 0.1) is 17.8 Å². The number of aromatic amines is 1. The molecule has 0 atom stereocenters. The number of H-pyrrole nitrogens is 1. The van der Waals surface area contributed by atoms with E-state index in [4.69, 9.17) is 4.98 Å². The van der Waals surface area contributed by atoms with E-state index in [1.165, 1.54) is 0 Å². The lowest BCUT2D eigenvalue weighted by Gasteiger charge is -1.96. The second kappa shape index (κ2) is 5.45. The van der Waals surface area contributed by atoms with E-state index in [0.29, 0.717) is 6.54 Å². The maximum Gasteiger partial charge on any atom is 0.177 e. The Morgan fingerprint density at radius 2 is 2.21 bits per heavy atom. The van der Waals surface area contributed by atoms with Gasteiger partial charge in [-0.25, -0.2) is 9.67 Å². The van der Waals surface area contributed by atoms with Crippen molar-refractivity contribution in [2.45, 2.75) is 13.5 Å². The second-order valence-corrected chi connectivity index (χ2v) is 5.64. The van der Waals surface area contributed by atoms with E-state index in [9.17, 15) is 0 Å². The second-order valence-electron chi connectivity index (χ2n) is 5.64. The summed E-state index contributed by atoms with van der Waals surface area (Å²) < 4.78 is 3.63. The molecule has 4 aromatic rings. The minimum atomic E-state index is 0.670. The number of imidazole rings is 1. The van der Waals surface area contributed by atoms with E-state index in [-0.39, 0.29) is 0 Å². The lowest BCUT2D eigenvalue weighted by atomic mass is 10.2. The molecule has 4 rings (SSSR count). The molecule has 0 unspecified atom stereocenters. The molecule has 0 fully saturated rings. The summed E-state index contributed by atoms with van der Waals surface area (Å²) in [5.74, 6) is 0.788. The van der Waals surface area contributed by atoms with Crippen molar-refractivity contribution in [3.05, 3.63) is 49.1 Å². The number of hydrogen-bond donors (Lipinski definition) is 1. The van der Waals surface area contributed by atoms with Gasteiger partial charge in [0.1, 0.15) is 17.0 Å². The maximum absolute atomic E-state index is 4.71. The Balaban J connectivity index is 1.86. The molecule has 0 bridgehead atoms. The van der Waals surface area contributed by atoms with Crippen molar-refractivity contribution < 1.29 is 0 Å². The van der Waals surface area contributed by atoms with Gasteiger partial charge in [0.2, 0.25) is 0 Å². The Morgan fingerprint density at radius 3 is 2.96 bits per heavy atom. The molecule has 0 spiro atoms. The van der Waals surface area contributed by atoms with Crippen LogP contribution in [0.2, 0.25) is 0 Å². The smallest absolute Gasteiger partial charge is 0.177 e. The Kier molecular flexibility index (Phi) is 3.26. The van der Waals surface area contributed by atoms with Crippen LogP contribution < -0.4 is 0 Å². The first-order valence-electron chi connectivity index (χ1n) is 7.66. The van der Waals surface area contributed by atoms with Crippen LogP contribution in [0.15, 0.2) is 43.4 Å². The van der Waals surface area contributed by atoms with Crippen LogP contribution in [0.3, 0.4) is 0 Å². The number of hydrogen-bond acceptors (Lipinski definition) is 4. The van der Waals surface area contributed by atoms with Crippen LogP contribution in [0, 0.1) is 6.92 Å². The third-order valence-electron chi connectivity index (χ3n) is 3.93. The fraction of sp³-hybridized carbons (Fsp3) is 0.176. The highest BCUT2D eigenvalue weighted by Gasteiger charge is 2.18. The molecular formula is C17H17N7. The van der Waals surface area contributed by atoms with Crippen LogP contribution >= 0.6 is 0 Å². The summed E-state index contributed by atoms with van der Waals surface area (Å²) in [7, 11) is 1.89. The molecule has 24 heavy (non-hydrogen) atoms. The summed E-state index contributed by atoms with van der Waals surface area (Å²) >= 11 is 0. The van der Waals surface area contributed by atoms with Crippen molar-refractivity contribution in [2.75, 3.05) is 0 Å². The number of nitrogens with one attached hydrogen (secondary N) is 1. The van der Waals surface area contributed by atoms with Crippen LogP contribution in [0.4, 0.5) is 0 Å². The van der Waals surface area contributed by atoms with Crippen LogP contribution in [0.5, 0.6) is 0 Å². The molecule has 120 valence electrons. The summed E-state index contributed by atoms with van der Waals surface area (Å²) in [6, 6.07) is 3.89. The Morgan fingerprint density at radius 1 is 1.33 bits per heavy atom. The maximum atomic E-state index is 4.71. The van der Waals surface area contributed by atoms with Crippen molar-refractivity contribution in [1.29, 1.82) is 0 Å². The molecule has 0 aliphatic heterocycles. The molecule has 0 aromatic carbocycles. The van der Waals surface area contributed by atoms with Gasteiger partial charge >= 0.3 is 0 Å². The van der Waals surface area contributed by atoms with Gasteiger partial charge in [-0.3, -0.25) is 9.67 Å². The predicted molar refractivity (Wildman–Crippen MR) is 92.2 cm³/mol. The highest BCUT2D eigenvalue weighted by molar-refractivity contribution is 5.90. The zero-order valence-electron chi connectivity index (χ0n) is 13.6. The van der Waals surface area contributed by atoms with E-state index >= 15 is 0 Å². The van der Waals surface area contributed by atoms with Crippen molar-refractivity contribution in [2.24, 2.45) is 7.05 Å². The SMILES string of the molecule is C=CCn1cc(-c2nc3c([nH]2)c(-c2cccnc2)nn3C)c(C)n1. The molecule has 0 aliphatic rings. The van der Waals surface area contributed by atoms with Crippen molar-refractivity contribution in [3.63, 3.8) is 0 Å². The van der Waals surface area contributed by atoms with E-state index in [1.807, 2.05) is 43.1 Å². The first-order chi connectivity index (χ1) is 11.7. The fourth-order valence-corrected chi connectivity index (χ4v) is 2.82. The molecule has 0 aliphatic carbocycles. The predicted octanol–water partition coefficient (Wildman–Crippen LogP) is 2.72. The van der Waals surface area contributed by atoms with Crippen LogP contribution in [0.1, 0.15) is 5.69 Å². The first kappa shape index (κ1) is 14.4. The van der Waals surface area contributed by atoms with Crippen molar-refractivity contribution in [3.8, 4) is 22.6 Å². The van der Waals surface area contributed by atoms with E-state index in [1.54, 1.807) is 17.1 Å². The van der Waals surface area contributed by atoms with Gasteiger partial charge in [0, 0.05) is 31.2 Å². The highest BCUT2D eigenvalue weighted by atomic mass is 15.3. The van der Waals surface area contributed by atoms with E-state index < -0.39 is 0 Å². The van der Waals surface area contributed by atoms with E-state index in [2.05, 4.69) is 26.7 Å². The number of fused-ring (bicyclic) bond motifs is 1. The minimum Gasteiger partial charge on any atom is -0.335 e. The molecule has 0 amide bonds. The van der Waals surface area contributed by atoms with Crippen molar-refractivity contribution >= 4 is 11.2 Å². The zero-order valence-corrected chi connectivity index (χ0v) is 13.6. The summed E-state index contributed by atoms with van der Waals surface area (Å²) in [6.07, 6.45) is 7.35. The van der Waals surface area contributed by atoms with Gasteiger partial charge in [-0.15, -0.1) is 6.58 Å². The molecule has 7 heteroatoms. The van der Waals surface area contributed by atoms with Gasteiger partial charge in [-0.05, 0) is 19.1 Å². The van der Waals surface area contributed by atoms with Crippen LogP contribution in [0.25, 0.3) is 33.8 Å². The van der Waals surface area contributed by atoms with Gasteiger partial charge in [-0.1, -0.05) is 6.08 Å². The summed E-state index contributed by atoms with van der Waals surface area (Å²) in [5, 5.41) is 9.05. The minimum absolute atomic E-state index is 0.670. The van der Waals surface area contributed by atoms with Crippen LogP contribution in [-0.4, -0.2) is 34.5 Å². The molecule has 0 radical (unpaired) electrons. The molecular weight excluding hydrogens is 302 g/mol. The number of allylic oxidation sites excluding steroid dienone is 1. The monoisotopic (exact) mass is 319 g/mol. The molecule has 0 saturated carbocycles. The Bertz CT molecular complexity index is 1020. The molecule has 4 heterocycles. The Hall–Kier alpha value is -3.22. The Labute approximate surface area is 138 Å². The number of nitrogens with zero attached hydrogens (tertiary/aromatic N) is 6. The third-order valence-corrected chi connectivity index (χ3v) is 3.93. The average Bonchev–Trinajstić information content (AvgIpc) is 3.24. The van der Waals surface area contributed by atoms with Gasteiger partial charge in [0.15, 0.2) is 5.65 Å². The number of pyridine rings is 1. The molecule has 1 N–H and O–H groups in total. The summed E-state index contributed by atoms with van der Waals surface area (Å²) in [4.78, 5) is 12.3. The lowest BCUT2D eigenvalue weighted by Crippen LogP contribution is -1.94. The number of aromatic nitrogens is 7. The summed E-state index contributed by atoms with van der Waals surface area (Å²) in [5.41, 5.74) is 5.40. The van der Waals surface area contributed by atoms with Gasteiger partial charge in [-0.2, -0.15) is 10.2 Å². The quantitative estimate of drug-likeness (QED) is 0.587. The average molecular weight is 319 g/mol. The third kappa shape index (κ3) is 2.21. The molecule has 4 aromatic heterocycles. The fourth-order valence-electron chi connectivity index (χ4n) is 2.82. The largest absolute Gasteiger partial charge is 0.335 e. The highest BCUT2D eigenvalue weighted by Crippen LogP contribution is 2.29. The van der Waals surface area contributed by atoms with E-state index in [0.717, 1.165) is 39.5 Å².